The zero-order valence-electron chi connectivity index (χ0n) is 15.5. The third-order valence-electron chi connectivity index (χ3n) is 4.94. The second kappa shape index (κ2) is 7.48. The molecule has 27 heavy (non-hydrogen) atoms. The highest BCUT2D eigenvalue weighted by Gasteiger charge is 2.41. The molecule has 0 bridgehead atoms. The molecule has 1 N–H and O–H groups in total. The van der Waals surface area contributed by atoms with Crippen molar-refractivity contribution in [1.29, 1.82) is 0 Å². The van der Waals surface area contributed by atoms with Gasteiger partial charge in [-0.15, -0.1) is 0 Å². The molecule has 0 saturated carbocycles. The van der Waals surface area contributed by atoms with Crippen LogP contribution in [0.25, 0.3) is 0 Å². The van der Waals surface area contributed by atoms with Gasteiger partial charge in [-0.05, 0) is 62.0 Å². The van der Waals surface area contributed by atoms with E-state index in [0.717, 1.165) is 16.4 Å². The fourth-order valence-electron chi connectivity index (χ4n) is 3.71. The minimum absolute atomic E-state index is 0.00257. The molecule has 0 aliphatic carbocycles. The highest BCUT2D eigenvalue weighted by Crippen LogP contribution is 2.40. The van der Waals surface area contributed by atoms with E-state index in [2.05, 4.69) is 69.1 Å². The first-order chi connectivity index (χ1) is 13.1. The first-order valence-corrected chi connectivity index (χ1v) is 9.59. The van der Waals surface area contributed by atoms with Crippen molar-refractivity contribution >= 4 is 17.3 Å². The van der Waals surface area contributed by atoms with E-state index in [9.17, 15) is 0 Å². The summed E-state index contributed by atoms with van der Waals surface area (Å²) in [4.78, 5) is 11.1. The van der Waals surface area contributed by atoms with E-state index in [4.69, 9.17) is 12.2 Å². The van der Waals surface area contributed by atoms with Gasteiger partial charge in [0.25, 0.3) is 0 Å². The van der Waals surface area contributed by atoms with Gasteiger partial charge in [-0.25, -0.2) is 0 Å². The highest BCUT2D eigenvalue weighted by atomic mass is 32.1. The zero-order valence-corrected chi connectivity index (χ0v) is 16.3. The third-order valence-corrected chi connectivity index (χ3v) is 5.30. The maximum Gasteiger partial charge on any atom is 0.170 e. The van der Waals surface area contributed by atoms with E-state index in [1.807, 2.05) is 30.6 Å². The monoisotopic (exact) mass is 377 g/mol. The lowest BCUT2D eigenvalue weighted by atomic mass is 10.0. The van der Waals surface area contributed by atoms with Crippen LogP contribution >= 0.6 is 12.2 Å². The Hall–Kier alpha value is -2.73. The van der Waals surface area contributed by atoms with Gasteiger partial charge in [0.1, 0.15) is 0 Å². The van der Waals surface area contributed by atoms with Gasteiger partial charge < -0.3 is 14.8 Å². The molecule has 0 amide bonds. The maximum absolute atomic E-state index is 5.73. The Morgan fingerprint density at radius 1 is 1.11 bits per heavy atom. The number of pyridine rings is 2. The number of nitrogens with zero attached hydrogens (tertiary/aromatic N) is 4. The van der Waals surface area contributed by atoms with Gasteiger partial charge in [-0.2, -0.15) is 0 Å². The van der Waals surface area contributed by atoms with Gasteiger partial charge in [-0.3, -0.25) is 9.97 Å². The largest absolute Gasteiger partial charge is 0.352 e. The molecule has 1 aliphatic rings. The van der Waals surface area contributed by atoms with Crippen LogP contribution in [0.2, 0.25) is 0 Å². The molecule has 3 aromatic rings. The number of rotatable bonds is 5. The first-order valence-electron chi connectivity index (χ1n) is 9.19. The predicted molar refractivity (Wildman–Crippen MR) is 110 cm³/mol. The molecular formula is C21H23N5S. The molecule has 5 nitrogen and oxygen atoms in total. The summed E-state index contributed by atoms with van der Waals surface area (Å²) in [6.07, 6.45) is 7.67. The van der Waals surface area contributed by atoms with E-state index in [1.165, 1.54) is 5.69 Å². The number of hydrogen-bond donors (Lipinski definition) is 1. The molecule has 3 aromatic heterocycles. The Bertz CT molecular complexity index is 907. The smallest absolute Gasteiger partial charge is 0.170 e. The van der Waals surface area contributed by atoms with Gasteiger partial charge in [0, 0.05) is 43.1 Å². The van der Waals surface area contributed by atoms with E-state index >= 15 is 0 Å². The van der Waals surface area contributed by atoms with Gasteiger partial charge in [0.15, 0.2) is 5.11 Å². The van der Waals surface area contributed by atoms with Crippen molar-refractivity contribution < 1.29 is 0 Å². The summed E-state index contributed by atoms with van der Waals surface area (Å²) in [5.41, 5.74) is 3.36. The standard InChI is InChI=1S/C21H23N5S/c1-15(2)25-12-6-9-18(25)20-19(17-8-3-4-11-23-17)24-21(27)26(20)14-16-7-5-10-22-13-16/h3-13,15,19-20H,14H2,1-2H3,(H,24,27)/t19-,20+/m1/s1. The molecule has 138 valence electrons. The Morgan fingerprint density at radius 3 is 2.70 bits per heavy atom. The molecule has 0 spiro atoms. The number of aromatic nitrogens is 3. The minimum atomic E-state index is 0.00257. The molecule has 1 fully saturated rings. The summed E-state index contributed by atoms with van der Waals surface area (Å²) >= 11 is 5.73. The van der Waals surface area contributed by atoms with Crippen molar-refractivity contribution in [1.82, 2.24) is 24.8 Å². The molecule has 4 heterocycles. The van der Waals surface area contributed by atoms with Crippen LogP contribution in [0.4, 0.5) is 0 Å². The molecular weight excluding hydrogens is 354 g/mol. The van der Waals surface area contributed by atoms with E-state index < -0.39 is 0 Å². The fourth-order valence-corrected chi connectivity index (χ4v) is 4.02. The van der Waals surface area contributed by atoms with E-state index in [0.29, 0.717) is 12.6 Å². The minimum Gasteiger partial charge on any atom is -0.352 e. The number of hydrogen-bond acceptors (Lipinski definition) is 3. The third kappa shape index (κ3) is 3.45. The van der Waals surface area contributed by atoms with Crippen LogP contribution in [-0.4, -0.2) is 24.5 Å². The van der Waals surface area contributed by atoms with Gasteiger partial charge in [-0.1, -0.05) is 12.1 Å². The predicted octanol–water partition coefficient (Wildman–Crippen LogP) is 4.03. The second-order valence-electron chi connectivity index (χ2n) is 7.05. The summed E-state index contributed by atoms with van der Waals surface area (Å²) in [7, 11) is 0. The van der Waals surface area contributed by atoms with Crippen molar-refractivity contribution in [3.8, 4) is 0 Å². The average molecular weight is 378 g/mol. The second-order valence-corrected chi connectivity index (χ2v) is 7.44. The molecule has 1 aliphatic heterocycles. The van der Waals surface area contributed by atoms with Crippen LogP contribution < -0.4 is 5.32 Å². The van der Waals surface area contributed by atoms with Crippen LogP contribution in [0.5, 0.6) is 0 Å². The van der Waals surface area contributed by atoms with Crippen LogP contribution in [0.15, 0.2) is 67.3 Å². The molecule has 2 atom stereocenters. The number of nitrogens with one attached hydrogen (secondary N) is 1. The Kier molecular flexibility index (Phi) is 4.90. The van der Waals surface area contributed by atoms with Crippen molar-refractivity contribution in [2.45, 2.75) is 38.5 Å². The van der Waals surface area contributed by atoms with Crippen molar-refractivity contribution in [3.05, 3.63) is 84.2 Å². The zero-order chi connectivity index (χ0) is 18.8. The summed E-state index contributed by atoms with van der Waals surface area (Å²) in [5.74, 6) is 0. The molecule has 6 heteroatoms. The Labute approximate surface area is 165 Å². The lowest BCUT2D eigenvalue weighted by Gasteiger charge is -2.29. The van der Waals surface area contributed by atoms with Gasteiger partial charge >= 0.3 is 0 Å². The van der Waals surface area contributed by atoms with Crippen LogP contribution in [-0.2, 0) is 6.54 Å². The number of thiocarbonyl (C=S) groups is 1. The molecule has 0 unspecified atom stereocenters. The first kappa shape index (κ1) is 17.7. The van der Waals surface area contributed by atoms with Crippen molar-refractivity contribution in [3.63, 3.8) is 0 Å². The summed E-state index contributed by atoms with van der Waals surface area (Å²) < 4.78 is 2.31. The Balaban J connectivity index is 1.77. The lowest BCUT2D eigenvalue weighted by Crippen LogP contribution is -2.30. The topological polar surface area (TPSA) is 46.0 Å². The van der Waals surface area contributed by atoms with E-state index in [1.54, 1.807) is 6.20 Å². The Morgan fingerprint density at radius 2 is 2.00 bits per heavy atom. The van der Waals surface area contributed by atoms with Crippen molar-refractivity contribution in [2.75, 3.05) is 0 Å². The van der Waals surface area contributed by atoms with Gasteiger partial charge in [0.2, 0.25) is 0 Å². The SMILES string of the molecule is CC(C)n1cccc1[C@H]1[C@@H](c2ccccn2)NC(=S)N1Cc1cccnc1. The van der Waals surface area contributed by atoms with Crippen LogP contribution in [0, 0.1) is 0 Å². The quantitative estimate of drug-likeness (QED) is 0.680. The van der Waals surface area contributed by atoms with Crippen LogP contribution in [0.1, 0.15) is 48.9 Å². The molecule has 4 rings (SSSR count). The average Bonchev–Trinajstić information content (AvgIpc) is 3.28. The highest BCUT2D eigenvalue weighted by molar-refractivity contribution is 7.80. The summed E-state index contributed by atoms with van der Waals surface area (Å²) in [6.45, 7) is 5.10. The fraction of sp³-hybridized carbons (Fsp3) is 0.286. The molecule has 0 aromatic carbocycles. The van der Waals surface area contributed by atoms with Gasteiger partial charge in [0.05, 0.1) is 17.8 Å². The van der Waals surface area contributed by atoms with E-state index in [-0.39, 0.29) is 12.1 Å². The molecule has 0 radical (unpaired) electrons. The normalized spacial score (nSPS) is 19.5. The molecule has 1 saturated heterocycles. The van der Waals surface area contributed by atoms with Crippen LogP contribution in [0.3, 0.4) is 0 Å². The maximum atomic E-state index is 5.73. The summed E-state index contributed by atoms with van der Waals surface area (Å²) in [5, 5.41) is 4.25. The summed E-state index contributed by atoms with van der Waals surface area (Å²) in [6, 6.07) is 14.8. The van der Waals surface area contributed by atoms with Crippen molar-refractivity contribution in [2.24, 2.45) is 0 Å². The lowest BCUT2D eigenvalue weighted by molar-refractivity contribution is 0.293.